The molecule has 1 radical (unpaired) electrons. The van der Waals surface area contributed by atoms with Crippen molar-refractivity contribution < 1.29 is 9.53 Å². The number of hydrogen-bond acceptors (Lipinski definition) is 3. The van der Waals surface area contributed by atoms with Crippen LogP contribution in [0.15, 0.2) is 0 Å². The van der Waals surface area contributed by atoms with Gasteiger partial charge in [-0.15, -0.1) is 0 Å². The highest BCUT2D eigenvalue weighted by atomic mass is 16.5. The number of ether oxygens (including phenoxy) is 1. The minimum absolute atomic E-state index is 0.120. The number of rotatable bonds is 3. The molecule has 1 saturated heterocycles. The summed E-state index contributed by atoms with van der Waals surface area (Å²) >= 11 is 0. The van der Waals surface area contributed by atoms with Gasteiger partial charge in [-0.2, -0.15) is 0 Å². The Morgan fingerprint density at radius 3 is 2.54 bits per heavy atom. The van der Waals surface area contributed by atoms with Crippen LogP contribution in [0.1, 0.15) is 25.7 Å². The summed E-state index contributed by atoms with van der Waals surface area (Å²) in [6.07, 6.45) is 4.26. The molecule has 0 amide bonds. The molecule has 1 fully saturated rings. The van der Waals surface area contributed by atoms with Gasteiger partial charge < -0.3 is 4.74 Å². The van der Waals surface area contributed by atoms with Gasteiger partial charge in [0.15, 0.2) is 0 Å². The highest BCUT2D eigenvalue weighted by molar-refractivity contribution is 5.75. The highest BCUT2D eigenvalue weighted by Crippen LogP contribution is 2.14. The number of piperidine rings is 1. The molecule has 1 heterocycles. The fourth-order valence-corrected chi connectivity index (χ4v) is 1.82. The lowest BCUT2D eigenvalue weighted by Gasteiger charge is -2.31. The van der Waals surface area contributed by atoms with Crippen molar-refractivity contribution in [3.63, 3.8) is 0 Å². The summed E-state index contributed by atoms with van der Waals surface area (Å²) in [6.45, 7) is 5.81. The van der Waals surface area contributed by atoms with Crippen LogP contribution in [0.5, 0.6) is 0 Å². The quantitative estimate of drug-likeness (QED) is 0.618. The molecule has 13 heavy (non-hydrogen) atoms. The van der Waals surface area contributed by atoms with Crippen LogP contribution in [0.3, 0.4) is 0 Å². The second-order valence-corrected chi connectivity index (χ2v) is 3.42. The zero-order chi connectivity index (χ0) is 9.68. The summed E-state index contributed by atoms with van der Waals surface area (Å²) in [5, 5.41) is 0. The van der Waals surface area contributed by atoms with Crippen molar-refractivity contribution in [3.05, 3.63) is 6.92 Å². The van der Waals surface area contributed by atoms with E-state index in [9.17, 15) is 4.79 Å². The second kappa shape index (κ2) is 5.22. The maximum atomic E-state index is 11.3. The number of esters is 1. The zero-order valence-electron chi connectivity index (χ0n) is 8.29. The molecule has 0 aromatic carbocycles. The van der Waals surface area contributed by atoms with Crippen molar-refractivity contribution >= 4 is 5.97 Å². The van der Waals surface area contributed by atoms with Crippen LogP contribution in [0.25, 0.3) is 0 Å². The Morgan fingerprint density at radius 1 is 1.46 bits per heavy atom. The smallest absolute Gasteiger partial charge is 0.323 e. The minimum Gasteiger partial charge on any atom is -0.468 e. The third-order valence-electron chi connectivity index (χ3n) is 2.58. The van der Waals surface area contributed by atoms with E-state index in [1.54, 1.807) is 0 Å². The SMILES string of the molecule is [CH2]CC(C(=O)OC)N1CCCCC1. The molecule has 3 nitrogen and oxygen atoms in total. The molecule has 0 spiro atoms. The van der Waals surface area contributed by atoms with Gasteiger partial charge in [-0.25, -0.2) is 0 Å². The zero-order valence-corrected chi connectivity index (χ0v) is 8.29. The number of carbonyl (C=O) groups is 1. The third kappa shape index (κ3) is 2.69. The highest BCUT2D eigenvalue weighted by Gasteiger charge is 2.25. The van der Waals surface area contributed by atoms with Gasteiger partial charge in [0.25, 0.3) is 0 Å². The van der Waals surface area contributed by atoms with Gasteiger partial charge in [0, 0.05) is 0 Å². The molecule has 0 aromatic rings. The van der Waals surface area contributed by atoms with Gasteiger partial charge in [-0.05, 0) is 32.4 Å². The molecule has 0 bridgehead atoms. The van der Waals surface area contributed by atoms with Gasteiger partial charge in [-0.3, -0.25) is 9.69 Å². The topological polar surface area (TPSA) is 29.5 Å². The van der Waals surface area contributed by atoms with E-state index in [2.05, 4.69) is 11.8 Å². The summed E-state index contributed by atoms with van der Waals surface area (Å²) < 4.78 is 4.74. The molecular formula is C10H18NO2. The van der Waals surface area contributed by atoms with Gasteiger partial charge in [0.1, 0.15) is 6.04 Å². The maximum absolute atomic E-state index is 11.3. The first-order valence-corrected chi connectivity index (χ1v) is 4.90. The standard InChI is InChI=1S/C10H18NO2/c1-3-9(10(12)13-2)11-7-5-4-6-8-11/h9H,1,3-8H2,2H3. The van der Waals surface area contributed by atoms with Crippen LogP contribution in [-0.4, -0.2) is 37.1 Å². The molecule has 1 rings (SSSR count). The number of hydrogen-bond donors (Lipinski definition) is 0. The first-order chi connectivity index (χ1) is 6.29. The molecule has 0 N–H and O–H groups in total. The van der Waals surface area contributed by atoms with E-state index in [0.29, 0.717) is 6.42 Å². The maximum Gasteiger partial charge on any atom is 0.323 e. The Bertz CT molecular complexity index is 164. The molecule has 0 aliphatic carbocycles. The van der Waals surface area contributed by atoms with Crippen molar-refractivity contribution in [1.29, 1.82) is 0 Å². The van der Waals surface area contributed by atoms with Gasteiger partial charge in [0.2, 0.25) is 0 Å². The fourth-order valence-electron chi connectivity index (χ4n) is 1.82. The minimum atomic E-state index is -0.142. The van der Waals surface area contributed by atoms with Crippen LogP contribution < -0.4 is 0 Å². The van der Waals surface area contributed by atoms with Gasteiger partial charge in [0.05, 0.1) is 7.11 Å². The van der Waals surface area contributed by atoms with E-state index < -0.39 is 0 Å². The number of likely N-dealkylation sites (tertiary alicyclic amines) is 1. The van der Waals surface area contributed by atoms with Crippen LogP contribution in [-0.2, 0) is 9.53 Å². The van der Waals surface area contributed by atoms with Crippen molar-refractivity contribution in [3.8, 4) is 0 Å². The molecular weight excluding hydrogens is 166 g/mol. The summed E-state index contributed by atoms with van der Waals surface area (Å²) in [6, 6.07) is -0.120. The number of methoxy groups -OCH3 is 1. The average molecular weight is 184 g/mol. The first-order valence-electron chi connectivity index (χ1n) is 4.90. The van der Waals surface area contributed by atoms with E-state index in [1.165, 1.54) is 26.4 Å². The van der Waals surface area contributed by atoms with E-state index in [0.717, 1.165) is 13.1 Å². The van der Waals surface area contributed by atoms with Gasteiger partial charge >= 0.3 is 5.97 Å². The molecule has 1 aliphatic heterocycles. The predicted molar refractivity (Wildman–Crippen MR) is 51.2 cm³/mol. The van der Waals surface area contributed by atoms with E-state index in [-0.39, 0.29) is 12.0 Å². The first kappa shape index (κ1) is 10.5. The van der Waals surface area contributed by atoms with Crippen LogP contribution in [0.2, 0.25) is 0 Å². The molecule has 75 valence electrons. The summed E-state index contributed by atoms with van der Waals surface area (Å²) in [5.41, 5.74) is 0. The van der Waals surface area contributed by atoms with Gasteiger partial charge in [-0.1, -0.05) is 13.3 Å². The summed E-state index contributed by atoms with van der Waals surface area (Å²) in [4.78, 5) is 13.5. The largest absolute Gasteiger partial charge is 0.468 e. The molecule has 3 heteroatoms. The lowest BCUT2D eigenvalue weighted by atomic mass is 10.1. The van der Waals surface area contributed by atoms with E-state index in [4.69, 9.17) is 4.74 Å². The van der Waals surface area contributed by atoms with Crippen molar-refractivity contribution in [2.45, 2.75) is 31.7 Å². The summed E-state index contributed by atoms with van der Waals surface area (Å²) in [7, 11) is 1.44. The fraction of sp³-hybridized carbons (Fsp3) is 0.800. The third-order valence-corrected chi connectivity index (χ3v) is 2.58. The van der Waals surface area contributed by atoms with Crippen molar-refractivity contribution in [2.75, 3.05) is 20.2 Å². The van der Waals surface area contributed by atoms with Crippen LogP contribution in [0.4, 0.5) is 0 Å². The Balaban J connectivity index is 2.48. The Kier molecular flexibility index (Phi) is 4.22. The lowest BCUT2D eigenvalue weighted by Crippen LogP contribution is -2.44. The normalized spacial score (nSPS) is 21.1. The van der Waals surface area contributed by atoms with Crippen LogP contribution in [0, 0.1) is 6.92 Å². The molecule has 1 atom stereocenters. The predicted octanol–water partition coefficient (Wildman–Crippen LogP) is 1.24. The molecule has 1 aliphatic rings. The van der Waals surface area contributed by atoms with Crippen molar-refractivity contribution in [2.24, 2.45) is 0 Å². The van der Waals surface area contributed by atoms with E-state index >= 15 is 0 Å². The Morgan fingerprint density at radius 2 is 2.08 bits per heavy atom. The van der Waals surface area contributed by atoms with Crippen LogP contribution >= 0.6 is 0 Å². The molecule has 0 aromatic heterocycles. The lowest BCUT2D eigenvalue weighted by molar-refractivity contribution is -0.147. The molecule has 1 unspecified atom stereocenters. The Hall–Kier alpha value is -0.570. The molecule has 0 saturated carbocycles. The van der Waals surface area contributed by atoms with Crippen molar-refractivity contribution in [1.82, 2.24) is 4.90 Å². The summed E-state index contributed by atoms with van der Waals surface area (Å²) in [5.74, 6) is -0.142. The number of carbonyl (C=O) groups excluding carboxylic acids is 1. The Labute approximate surface area is 80.1 Å². The van der Waals surface area contributed by atoms with E-state index in [1.807, 2.05) is 0 Å². The second-order valence-electron chi connectivity index (χ2n) is 3.42. The monoisotopic (exact) mass is 184 g/mol. The average Bonchev–Trinajstić information content (AvgIpc) is 2.20. The number of nitrogens with zero attached hydrogens (tertiary/aromatic N) is 1.